The summed E-state index contributed by atoms with van der Waals surface area (Å²) in [6.07, 6.45) is 1.85. The first-order valence-electron chi connectivity index (χ1n) is 5.75. The zero-order valence-electron chi connectivity index (χ0n) is 10.9. The highest BCUT2D eigenvalue weighted by Crippen LogP contribution is 2.36. The van der Waals surface area contributed by atoms with E-state index < -0.39 is 4.92 Å². The van der Waals surface area contributed by atoms with E-state index in [2.05, 4.69) is 6.07 Å². The topological polar surface area (TPSA) is 76.2 Å². The fourth-order valence-electron chi connectivity index (χ4n) is 1.68. The Hall–Kier alpha value is -2.23. The van der Waals surface area contributed by atoms with Crippen LogP contribution in [0.4, 0.5) is 5.69 Å². The van der Waals surface area contributed by atoms with Gasteiger partial charge in [0.1, 0.15) is 17.4 Å². The van der Waals surface area contributed by atoms with Gasteiger partial charge in [0, 0.05) is 11.0 Å². The minimum Gasteiger partial charge on any atom is -0.454 e. The van der Waals surface area contributed by atoms with Gasteiger partial charge in [0.05, 0.1) is 16.0 Å². The Morgan fingerprint density at radius 2 is 2.10 bits per heavy atom. The van der Waals surface area contributed by atoms with Crippen molar-refractivity contribution in [1.29, 1.82) is 5.26 Å². The molecule has 0 radical (unpaired) electrons. The SMILES string of the molecule is CSc1cccc(Oc2cc([N+](=O)[O-])ccc2Cl)c1C#N. The largest absolute Gasteiger partial charge is 0.454 e. The van der Waals surface area contributed by atoms with Crippen LogP contribution in [0.2, 0.25) is 5.02 Å². The summed E-state index contributed by atoms with van der Waals surface area (Å²) in [7, 11) is 0. The lowest BCUT2D eigenvalue weighted by atomic mass is 10.2. The predicted octanol–water partition coefficient (Wildman–Crippen LogP) is 4.63. The molecule has 0 heterocycles. The molecular formula is C14H9ClN2O3S. The van der Waals surface area contributed by atoms with Crippen LogP contribution in [0, 0.1) is 21.4 Å². The van der Waals surface area contributed by atoms with Crippen LogP contribution < -0.4 is 4.74 Å². The van der Waals surface area contributed by atoms with Crippen molar-refractivity contribution >= 4 is 29.1 Å². The van der Waals surface area contributed by atoms with Gasteiger partial charge in [-0.2, -0.15) is 5.26 Å². The Bertz CT molecular complexity index is 743. The van der Waals surface area contributed by atoms with Crippen molar-refractivity contribution in [3.8, 4) is 17.6 Å². The number of nitro benzene ring substituents is 1. The average Bonchev–Trinajstić information content (AvgIpc) is 2.48. The highest BCUT2D eigenvalue weighted by atomic mass is 35.5. The fraction of sp³-hybridized carbons (Fsp3) is 0.0714. The van der Waals surface area contributed by atoms with Crippen molar-refractivity contribution < 1.29 is 9.66 Å². The summed E-state index contributed by atoms with van der Waals surface area (Å²) in [5.74, 6) is 0.451. The number of nitriles is 1. The van der Waals surface area contributed by atoms with Gasteiger partial charge in [-0.15, -0.1) is 11.8 Å². The maximum atomic E-state index is 10.8. The van der Waals surface area contributed by atoms with E-state index in [1.807, 2.05) is 6.26 Å². The lowest BCUT2D eigenvalue weighted by Crippen LogP contribution is -1.93. The molecule has 0 aliphatic rings. The van der Waals surface area contributed by atoms with Crippen molar-refractivity contribution in [3.05, 3.63) is 57.1 Å². The molecule has 2 aromatic rings. The third kappa shape index (κ3) is 3.27. The van der Waals surface area contributed by atoms with Crippen LogP contribution in [0.1, 0.15) is 5.56 Å². The average molecular weight is 321 g/mol. The van der Waals surface area contributed by atoms with Crippen molar-refractivity contribution in [2.45, 2.75) is 4.90 Å². The van der Waals surface area contributed by atoms with Gasteiger partial charge in [0.15, 0.2) is 5.75 Å². The maximum Gasteiger partial charge on any atom is 0.273 e. The number of thioether (sulfide) groups is 1. The minimum absolute atomic E-state index is 0.131. The zero-order chi connectivity index (χ0) is 15.4. The Morgan fingerprint density at radius 3 is 2.71 bits per heavy atom. The summed E-state index contributed by atoms with van der Waals surface area (Å²) in [6.45, 7) is 0. The van der Waals surface area contributed by atoms with Crippen LogP contribution in [-0.2, 0) is 0 Å². The van der Waals surface area contributed by atoms with E-state index in [0.29, 0.717) is 11.3 Å². The van der Waals surface area contributed by atoms with Gasteiger partial charge in [-0.25, -0.2) is 0 Å². The molecule has 2 aromatic carbocycles. The van der Waals surface area contributed by atoms with Crippen LogP contribution in [0.15, 0.2) is 41.3 Å². The summed E-state index contributed by atoms with van der Waals surface area (Å²) >= 11 is 7.40. The van der Waals surface area contributed by atoms with Crippen LogP contribution >= 0.6 is 23.4 Å². The fourth-order valence-corrected chi connectivity index (χ4v) is 2.40. The summed E-state index contributed by atoms with van der Waals surface area (Å²) in [5.41, 5.74) is 0.238. The van der Waals surface area contributed by atoms with Gasteiger partial charge < -0.3 is 4.74 Å². The number of halogens is 1. The third-order valence-corrected chi connectivity index (χ3v) is 3.76. The second-order valence-electron chi connectivity index (χ2n) is 3.92. The summed E-state index contributed by atoms with van der Waals surface area (Å²) in [5, 5.41) is 20.3. The standard InChI is InChI=1S/C14H9ClN2O3S/c1-21-14-4-2-3-12(10(14)8-16)20-13-7-9(17(18)19)5-6-11(13)15/h2-7H,1H3. The van der Waals surface area contributed by atoms with E-state index in [-0.39, 0.29) is 16.5 Å². The molecule has 5 nitrogen and oxygen atoms in total. The smallest absolute Gasteiger partial charge is 0.273 e. The van der Waals surface area contributed by atoms with E-state index in [4.69, 9.17) is 16.3 Å². The van der Waals surface area contributed by atoms with Gasteiger partial charge in [-0.05, 0) is 24.5 Å². The van der Waals surface area contributed by atoms with Crippen molar-refractivity contribution in [2.75, 3.05) is 6.26 Å². The van der Waals surface area contributed by atoms with Gasteiger partial charge in [0.25, 0.3) is 5.69 Å². The van der Waals surface area contributed by atoms with E-state index in [0.717, 1.165) is 4.90 Å². The lowest BCUT2D eigenvalue weighted by molar-refractivity contribution is -0.384. The molecule has 0 fully saturated rings. The lowest BCUT2D eigenvalue weighted by Gasteiger charge is -2.10. The van der Waals surface area contributed by atoms with Gasteiger partial charge in [-0.3, -0.25) is 10.1 Å². The first-order chi connectivity index (χ1) is 10.1. The van der Waals surface area contributed by atoms with Gasteiger partial charge >= 0.3 is 0 Å². The molecule has 0 atom stereocenters. The van der Waals surface area contributed by atoms with Crippen LogP contribution in [0.25, 0.3) is 0 Å². The van der Waals surface area contributed by atoms with E-state index in [1.54, 1.807) is 18.2 Å². The second-order valence-corrected chi connectivity index (χ2v) is 5.17. The summed E-state index contributed by atoms with van der Waals surface area (Å²) in [6, 6.07) is 11.1. The van der Waals surface area contributed by atoms with Gasteiger partial charge in [-0.1, -0.05) is 17.7 Å². The Kier molecular flexibility index (Phi) is 4.68. The molecule has 0 bridgehead atoms. The monoisotopic (exact) mass is 320 g/mol. The molecule has 0 aromatic heterocycles. The molecule has 7 heteroatoms. The molecule has 0 amide bonds. The van der Waals surface area contributed by atoms with E-state index in [1.165, 1.54) is 30.0 Å². The Balaban J connectivity index is 2.46. The number of ether oxygens (including phenoxy) is 1. The van der Waals surface area contributed by atoms with Gasteiger partial charge in [0.2, 0.25) is 0 Å². The second kappa shape index (κ2) is 6.48. The molecule has 0 aliphatic heterocycles. The molecule has 0 saturated carbocycles. The van der Waals surface area contributed by atoms with Crippen LogP contribution in [0.3, 0.4) is 0 Å². The predicted molar refractivity (Wildman–Crippen MR) is 81.1 cm³/mol. The van der Waals surface area contributed by atoms with E-state index >= 15 is 0 Å². The van der Waals surface area contributed by atoms with Crippen molar-refractivity contribution in [2.24, 2.45) is 0 Å². The molecule has 0 unspecified atom stereocenters. The quantitative estimate of drug-likeness (QED) is 0.466. The first kappa shape index (κ1) is 15.2. The molecule has 0 saturated heterocycles. The number of benzene rings is 2. The molecule has 0 N–H and O–H groups in total. The Labute approximate surface area is 130 Å². The highest BCUT2D eigenvalue weighted by molar-refractivity contribution is 7.98. The minimum atomic E-state index is -0.535. The van der Waals surface area contributed by atoms with E-state index in [9.17, 15) is 15.4 Å². The zero-order valence-corrected chi connectivity index (χ0v) is 12.4. The molecule has 2 rings (SSSR count). The van der Waals surface area contributed by atoms with Crippen LogP contribution in [0.5, 0.6) is 11.5 Å². The Morgan fingerprint density at radius 1 is 1.33 bits per heavy atom. The normalized spacial score (nSPS) is 9.95. The molecule has 21 heavy (non-hydrogen) atoms. The molecule has 106 valence electrons. The molecule has 0 aliphatic carbocycles. The molecular weight excluding hydrogens is 312 g/mol. The summed E-state index contributed by atoms with van der Waals surface area (Å²) in [4.78, 5) is 11.0. The molecule has 0 spiro atoms. The number of rotatable bonds is 4. The highest BCUT2D eigenvalue weighted by Gasteiger charge is 2.14. The maximum absolute atomic E-state index is 10.8. The van der Waals surface area contributed by atoms with Crippen LogP contribution in [-0.4, -0.2) is 11.2 Å². The number of hydrogen-bond acceptors (Lipinski definition) is 5. The summed E-state index contributed by atoms with van der Waals surface area (Å²) < 4.78 is 5.59. The van der Waals surface area contributed by atoms with Crippen molar-refractivity contribution in [1.82, 2.24) is 0 Å². The number of hydrogen-bond donors (Lipinski definition) is 0. The van der Waals surface area contributed by atoms with Crippen molar-refractivity contribution in [3.63, 3.8) is 0 Å². The number of non-ortho nitro benzene ring substituents is 1. The number of nitrogens with zero attached hydrogens (tertiary/aromatic N) is 2. The third-order valence-electron chi connectivity index (χ3n) is 2.67. The first-order valence-corrected chi connectivity index (χ1v) is 7.36. The number of nitro groups is 1.